The first kappa shape index (κ1) is 18.0. The quantitative estimate of drug-likeness (QED) is 0.631. The SMILES string of the molecule is CC(C)Oc1ccc(S(=O)(=O)Nc2ccsc2-c2nc(C3CC3)no2)cc1. The highest BCUT2D eigenvalue weighted by Gasteiger charge is 2.30. The molecule has 1 N–H and O–H groups in total. The van der Waals surface area contributed by atoms with Gasteiger partial charge in [0.2, 0.25) is 0 Å². The predicted octanol–water partition coefficient (Wildman–Crippen LogP) is 4.26. The van der Waals surface area contributed by atoms with Crippen LogP contribution < -0.4 is 9.46 Å². The maximum absolute atomic E-state index is 12.7. The second-order valence-electron chi connectivity index (χ2n) is 6.64. The van der Waals surface area contributed by atoms with Gasteiger partial charge in [-0.25, -0.2) is 8.42 Å². The minimum atomic E-state index is -3.74. The number of anilines is 1. The monoisotopic (exact) mass is 405 g/mol. The lowest BCUT2D eigenvalue weighted by Gasteiger charge is -2.11. The van der Waals surface area contributed by atoms with E-state index in [1.54, 1.807) is 23.6 Å². The van der Waals surface area contributed by atoms with Crippen molar-refractivity contribution in [1.82, 2.24) is 10.1 Å². The second kappa shape index (κ2) is 6.97. The highest BCUT2D eigenvalue weighted by Crippen LogP contribution is 2.40. The van der Waals surface area contributed by atoms with E-state index in [1.807, 2.05) is 13.8 Å². The standard InChI is InChI=1S/C18H19N3O4S2/c1-11(2)24-13-5-7-14(8-6-13)27(22,23)21-15-9-10-26-16(15)18-19-17(20-25-18)12-3-4-12/h5-12,21H,3-4H2,1-2H3. The Bertz CT molecular complexity index is 1030. The molecule has 0 saturated heterocycles. The molecule has 1 fully saturated rings. The molecule has 0 atom stereocenters. The van der Waals surface area contributed by atoms with Gasteiger partial charge in [-0.15, -0.1) is 11.3 Å². The Morgan fingerprint density at radius 2 is 1.96 bits per heavy atom. The summed E-state index contributed by atoms with van der Waals surface area (Å²) in [5, 5.41) is 5.78. The molecule has 2 aromatic heterocycles. The number of sulfonamides is 1. The molecule has 0 radical (unpaired) electrons. The summed E-state index contributed by atoms with van der Waals surface area (Å²) in [5.74, 6) is 2.02. The molecule has 3 aromatic rings. The number of thiophene rings is 1. The van der Waals surface area contributed by atoms with E-state index in [1.165, 1.54) is 23.5 Å². The molecule has 1 aliphatic carbocycles. The Morgan fingerprint density at radius 3 is 2.63 bits per heavy atom. The summed E-state index contributed by atoms with van der Waals surface area (Å²) in [4.78, 5) is 5.16. The van der Waals surface area contributed by atoms with E-state index in [4.69, 9.17) is 9.26 Å². The van der Waals surface area contributed by atoms with Crippen molar-refractivity contribution >= 4 is 27.0 Å². The fourth-order valence-corrected chi connectivity index (χ4v) is 4.47. The first-order chi connectivity index (χ1) is 12.9. The molecule has 7 nitrogen and oxygen atoms in total. The summed E-state index contributed by atoms with van der Waals surface area (Å²) in [6.07, 6.45) is 2.16. The fraction of sp³-hybridized carbons (Fsp3) is 0.333. The van der Waals surface area contributed by atoms with E-state index in [-0.39, 0.29) is 11.0 Å². The van der Waals surface area contributed by atoms with Crippen LogP contribution in [0.15, 0.2) is 45.1 Å². The minimum Gasteiger partial charge on any atom is -0.491 e. The van der Waals surface area contributed by atoms with Crippen LogP contribution in [0.1, 0.15) is 38.4 Å². The van der Waals surface area contributed by atoms with Gasteiger partial charge in [0, 0.05) is 5.92 Å². The third-order valence-electron chi connectivity index (χ3n) is 3.99. The average molecular weight is 406 g/mol. The van der Waals surface area contributed by atoms with Gasteiger partial charge >= 0.3 is 0 Å². The molecule has 1 saturated carbocycles. The van der Waals surface area contributed by atoms with E-state index in [2.05, 4.69) is 14.9 Å². The number of hydrogen-bond acceptors (Lipinski definition) is 7. The number of ether oxygens (including phenoxy) is 1. The molecule has 0 aliphatic heterocycles. The van der Waals surface area contributed by atoms with E-state index in [9.17, 15) is 8.42 Å². The number of aromatic nitrogens is 2. The van der Waals surface area contributed by atoms with Gasteiger partial charge in [-0.2, -0.15) is 4.98 Å². The van der Waals surface area contributed by atoms with E-state index >= 15 is 0 Å². The highest BCUT2D eigenvalue weighted by atomic mass is 32.2. The Labute approximate surface area is 161 Å². The van der Waals surface area contributed by atoms with Crippen molar-refractivity contribution in [3.8, 4) is 16.5 Å². The average Bonchev–Trinajstić information content (AvgIpc) is 3.17. The zero-order valence-electron chi connectivity index (χ0n) is 14.9. The molecule has 1 aliphatic rings. The van der Waals surface area contributed by atoms with Crippen LogP contribution in [0.2, 0.25) is 0 Å². The third kappa shape index (κ3) is 3.98. The van der Waals surface area contributed by atoms with Crippen molar-refractivity contribution in [3.63, 3.8) is 0 Å². The van der Waals surface area contributed by atoms with Gasteiger partial charge in [-0.1, -0.05) is 5.16 Å². The molecule has 0 bridgehead atoms. The minimum absolute atomic E-state index is 0.0221. The molecule has 0 unspecified atom stereocenters. The second-order valence-corrected chi connectivity index (χ2v) is 9.24. The highest BCUT2D eigenvalue weighted by molar-refractivity contribution is 7.92. The molecule has 1 aromatic carbocycles. The van der Waals surface area contributed by atoms with Crippen LogP contribution in [-0.4, -0.2) is 24.7 Å². The van der Waals surface area contributed by atoms with Crippen LogP contribution >= 0.6 is 11.3 Å². The van der Waals surface area contributed by atoms with Gasteiger partial charge in [0.15, 0.2) is 5.82 Å². The smallest absolute Gasteiger partial charge is 0.270 e. The first-order valence-electron chi connectivity index (χ1n) is 8.63. The molecule has 2 heterocycles. The zero-order valence-corrected chi connectivity index (χ0v) is 16.5. The van der Waals surface area contributed by atoms with Crippen molar-refractivity contribution in [1.29, 1.82) is 0 Å². The van der Waals surface area contributed by atoms with Gasteiger partial charge in [0.1, 0.15) is 10.6 Å². The largest absolute Gasteiger partial charge is 0.491 e. The Morgan fingerprint density at radius 1 is 1.22 bits per heavy atom. The summed E-state index contributed by atoms with van der Waals surface area (Å²) < 4.78 is 38.9. The zero-order chi connectivity index (χ0) is 19.0. The van der Waals surface area contributed by atoms with Crippen LogP contribution in [0.4, 0.5) is 5.69 Å². The maximum Gasteiger partial charge on any atom is 0.270 e. The lowest BCUT2D eigenvalue weighted by atomic mass is 10.3. The van der Waals surface area contributed by atoms with Crippen LogP contribution in [0.25, 0.3) is 10.8 Å². The molecule has 27 heavy (non-hydrogen) atoms. The number of nitrogens with one attached hydrogen (secondary N) is 1. The van der Waals surface area contributed by atoms with Crippen molar-refractivity contribution < 1.29 is 17.7 Å². The van der Waals surface area contributed by atoms with Gasteiger partial charge in [-0.3, -0.25) is 4.72 Å². The number of hydrogen-bond donors (Lipinski definition) is 1. The normalized spacial score (nSPS) is 14.5. The van der Waals surface area contributed by atoms with E-state index in [0.29, 0.717) is 33.9 Å². The van der Waals surface area contributed by atoms with Crippen LogP contribution in [0.3, 0.4) is 0 Å². The number of rotatable bonds is 7. The Kier molecular flexibility index (Phi) is 4.65. The van der Waals surface area contributed by atoms with Crippen molar-refractivity contribution in [2.45, 2.75) is 43.6 Å². The molecule has 4 rings (SSSR count). The third-order valence-corrected chi connectivity index (χ3v) is 6.28. The first-order valence-corrected chi connectivity index (χ1v) is 11.0. The summed E-state index contributed by atoms with van der Waals surface area (Å²) in [6, 6.07) is 8.01. The van der Waals surface area contributed by atoms with Crippen molar-refractivity contribution in [3.05, 3.63) is 41.5 Å². The van der Waals surface area contributed by atoms with Crippen molar-refractivity contribution in [2.24, 2.45) is 0 Å². The summed E-state index contributed by atoms with van der Waals surface area (Å²) in [5.41, 5.74) is 0.425. The molecular weight excluding hydrogens is 386 g/mol. The lowest BCUT2D eigenvalue weighted by Crippen LogP contribution is -2.13. The van der Waals surface area contributed by atoms with Crippen LogP contribution in [-0.2, 0) is 10.0 Å². The van der Waals surface area contributed by atoms with Gasteiger partial charge in [0.05, 0.1) is 16.7 Å². The molecular formula is C18H19N3O4S2. The fourth-order valence-electron chi connectivity index (χ4n) is 2.56. The maximum atomic E-state index is 12.7. The van der Waals surface area contributed by atoms with Crippen LogP contribution in [0.5, 0.6) is 5.75 Å². The predicted molar refractivity (Wildman–Crippen MR) is 103 cm³/mol. The topological polar surface area (TPSA) is 94.3 Å². The molecule has 0 amide bonds. The molecule has 0 spiro atoms. The van der Waals surface area contributed by atoms with Gasteiger partial charge in [-0.05, 0) is 62.4 Å². The van der Waals surface area contributed by atoms with E-state index < -0.39 is 10.0 Å². The summed E-state index contributed by atoms with van der Waals surface area (Å²) in [6.45, 7) is 3.83. The van der Waals surface area contributed by atoms with Crippen molar-refractivity contribution in [2.75, 3.05) is 4.72 Å². The van der Waals surface area contributed by atoms with Crippen LogP contribution in [0, 0.1) is 0 Å². The van der Waals surface area contributed by atoms with Gasteiger partial charge in [0.25, 0.3) is 15.9 Å². The number of nitrogens with zero attached hydrogens (tertiary/aromatic N) is 2. The summed E-state index contributed by atoms with van der Waals surface area (Å²) >= 11 is 1.35. The Balaban J connectivity index is 1.55. The van der Waals surface area contributed by atoms with Gasteiger partial charge < -0.3 is 9.26 Å². The number of benzene rings is 1. The summed E-state index contributed by atoms with van der Waals surface area (Å²) in [7, 11) is -3.74. The molecule has 142 valence electrons. The van der Waals surface area contributed by atoms with E-state index in [0.717, 1.165) is 12.8 Å². The lowest BCUT2D eigenvalue weighted by molar-refractivity contribution is 0.242. The molecule has 9 heteroatoms. The Hall–Kier alpha value is -2.39.